The van der Waals surface area contributed by atoms with Crippen LogP contribution >= 0.6 is 0 Å². The summed E-state index contributed by atoms with van der Waals surface area (Å²) < 4.78 is 14.9. The first-order valence-corrected chi connectivity index (χ1v) is 6.08. The topological polar surface area (TPSA) is 94.2 Å². The smallest absolute Gasteiger partial charge is 0.262 e. The number of aryl methyl sites for hydroxylation is 1. The molecule has 0 fully saturated rings. The molecule has 0 aliphatic carbocycles. The lowest BCUT2D eigenvalue weighted by Gasteiger charge is -2.12. The van der Waals surface area contributed by atoms with Crippen LogP contribution < -0.4 is 16.6 Å². The van der Waals surface area contributed by atoms with Crippen LogP contribution in [-0.4, -0.2) is 16.4 Å². The number of rotatable bonds is 1. The molecule has 0 unspecified atom stereocenters. The summed E-state index contributed by atoms with van der Waals surface area (Å²) in [5.41, 5.74) is 5.53. The third-order valence-electron chi connectivity index (χ3n) is 3.30. The molecule has 1 aliphatic heterocycles. The van der Waals surface area contributed by atoms with E-state index in [4.69, 9.17) is 5.73 Å². The number of pyridine rings is 1. The summed E-state index contributed by atoms with van der Waals surface area (Å²) in [4.78, 5) is 35.4. The van der Waals surface area contributed by atoms with Gasteiger partial charge in [-0.1, -0.05) is 6.07 Å². The van der Waals surface area contributed by atoms with Crippen LogP contribution in [0.2, 0.25) is 0 Å². The number of nitrogens with two attached hydrogens (primary N) is 1. The van der Waals surface area contributed by atoms with Gasteiger partial charge in [0.15, 0.2) is 0 Å². The normalized spacial score (nSPS) is 13.2. The third kappa shape index (κ3) is 1.82. The number of hydrogen-bond acceptors (Lipinski definition) is 4. The number of halogens is 1. The molecule has 0 radical (unpaired) electrons. The lowest BCUT2D eigenvalue weighted by molar-refractivity contribution is 0.0880. The molecule has 0 saturated heterocycles. The maximum Gasteiger partial charge on any atom is 0.262 e. The second kappa shape index (κ2) is 4.27. The minimum absolute atomic E-state index is 0.0713. The molecule has 1 aliphatic rings. The summed E-state index contributed by atoms with van der Waals surface area (Å²) in [7, 11) is 0. The zero-order valence-electron chi connectivity index (χ0n) is 10.9. The van der Waals surface area contributed by atoms with Gasteiger partial charge in [0.05, 0.1) is 16.8 Å². The number of carbonyl (C=O) groups excluding carboxylic acids is 2. The number of amides is 2. The van der Waals surface area contributed by atoms with Crippen LogP contribution in [0.5, 0.6) is 0 Å². The van der Waals surface area contributed by atoms with E-state index < -0.39 is 23.2 Å². The Morgan fingerprint density at radius 3 is 2.52 bits per heavy atom. The largest absolute Gasteiger partial charge is 0.384 e. The molecule has 1 aromatic carbocycles. The monoisotopic (exact) mass is 287 g/mol. The van der Waals surface area contributed by atoms with E-state index in [0.717, 1.165) is 10.6 Å². The van der Waals surface area contributed by atoms with Gasteiger partial charge in [-0.2, -0.15) is 0 Å². The molecule has 7 heteroatoms. The van der Waals surface area contributed by atoms with Crippen molar-refractivity contribution in [2.45, 2.75) is 6.92 Å². The number of fused-ring (bicyclic) bond motifs is 1. The fourth-order valence-corrected chi connectivity index (χ4v) is 2.32. The number of imide groups is 1. The lowest BCUT2D eigenvalue weighted by atomic mass is 10.1. The molecule has 2 heterocycles. The van der Waals surface area contributed by atoms with E-state index in [9.17, 15) is 18.8 Å². The third-order valence-corrected chi connectivity index (χ3v) is 3.30. The standard InChI is InChI=1S/C14H10FN3O3/c1-6-2-3-9(8(15)4-6)18-10(19)5-7-11(12(18)16)14(21)17-13(7)20/h2-5H,16H2,1H3,(H,17,20,21). The van der Waals surface area contributed by atoms with Crippen LogP contribution in [0, 0.1) is 12.7 Å². The van der Waals surface area contributed by atoms with Crippen molar-refractivity contribution in [2.75, 3.05) is 5.73 Å². The Bertz CT molecular complexity index is 870. The summed E-state index contributed by atoms with van der Waals surface area (Å²) in [5.74, 6) is -2.29. The highest BCUT2D eigenvalue weighted by Crippen LogP contribution is 2.24. The van der Waals surface area contributed by atoms with Crippen LogP contribution in [0.1, 0.15) is 26.3 Å². The van der Waals surface area contributed by atoms with Gasteiger partial charge < -0.3 is 5.73 Å². The van der Waals surface area contributed by atoms with E-state index >= 15 is 0 Å². The van der Waals surface area contributed by atoms with Crippen LogP contribution in [0.4, 0.5) is 10.2 Å². The molecular weight excluding hydrogens is 277 g/mol. The highest BCUT2D eigenvalue weighted by molar-refractivity contribution is 6.23. The van der Waals surface area contributed by atoms with Gasteiger partial charge >= 0.3 is 0 Å². The number of nitrogens with zero attached hydrogens (tertiary/aromatic N) is 1. The van der Waals surface area contributed by atoms with Crippen LogP contribution in [0.3, 0.4) is 0 Å². The maximum atomic E-state index is 14.0. The Kier molecular flexibility index (Phi) is 2.65. The van der Waals surface area contributed by atoms with Gasteiger partial charge in [-0.15, -0.1) is 0 Å². The number of nitrogens with one attached hydrogen (secondary N) is 1. The first kappa shape index (κ1) is 13.0. The lowest BCUT2D eigenvalue weighted by Crippen LogP contribution is -2.24. The summed E-state index contributed by atoms with van der Waals surface area (Å²) in [6.45, 7) is 1.70. The summed E-state index contributed by atoms with van der Waals surface area (Å²) in [6.07, 6.45) is 0. The highest BCUT2D eigenvalue weighted by atomic mass is 19.1. The van der Waals surface area contributed by atoms with E-state index in [-0.39, 0.29) is 22.6 Å². The summed E-state index contributed by atoms with van der Waals surface area (Å²) in [6, 6.07) is 5.23. The average Bonchev–Trinajstić information content (AvgIpc) is 2.67. The van der Waals surface area contributed by atoms with Crippen molar-refractivity contribution in [3.8, 4) is 5.69 Å². The minimum atomic E-state index is -0.700. The van der Waals surface area contributed by atoms with Crippen molar-refractivity contribution in [3.63, 3.8) is 0 Å². The molecule has 2 aromatic rings. The summed E-state index contributed by atoms with van der Waals surface area (Å²) in [5, 5.41) is 2.05. The average molecular weight is 287 g/mol. The molecule has 6 nitrogen and oxygen atoms in total. The van der Waals surface area contributed by atoms with Crippen molar-refractivity contribution < 1.29 is 14.0 Å². The number of hydrogen-bond donors (Lipinski definition) is 2. The zero-order valence-corrected chi connectivity index (χ0v) is 10.9. The predicted octanol–water partition coefficient (Wildman–Crippen LogP) is 0.751. The zero-order chi connectivity index (χ0) is 15.3. The molecule has 1 aromatic heterocycles. The highest BCUT2D eigenvalue weighted by Gasteiger charge is 2.32. The molecule has 0 saturated carbocycles. The van der Waals surface area contributed by atoms with Gasteiger partial charge in [0, 0.05) is 6.07 Å². The van der Waals surface area contributed by atoms with Crippen molar-refractivity contribution in [1.82, 2.24) is 9.88 Å². The van der Waals surface area contributed by atoms with Crippen LogP contribution in [0.25, 0.3) is 5.69 Å². The maximum absolute atomic E-state index is 14.0. The van der Waals surface area contributed by atoms with Gasteiger partial charge in [-0.05, 0) is 24.6 Å². The number of carbonyl (C=O) groups is 2. The molecule has 3 N–H and O–H groups in total. The molecule has 2 amide bonds. The quantitative estimate of drug-likeness (QED) is 0.757. The molecule has 0 atom stereocenters. The molecule has 3 rings (SSSR count). The Morgan fingerprint density at radius 2 is 1.86 bits per heavy atom. The van der Waals surface area contributed by atoms with Crippen molar-refractivity contribution in [3.05, 3.63) is 57.1 Å². The molecular formula is C14H10FN3O3. The Hall–Kier alpha value is -2.96. The summed E-state index contributed by atoms with van der Waals surface area (Å²) >= 11 is 0. The fraction of sp³-hybridized carbons (Fsp3) is 0.0714. The van der Waals surface area contributed by atoms with Crippen molar-refractivity contribution >= 4 is 17.6 Å². The molecule has 106 valence electrons. The number of nitrogen functional groups attached to an aromatic ring is 1. The van der Waals surface area contributed by atoms with E-state index in [1.54, 1.807) is 13.0 Å². The second-order valence-electron chi connectivity index (χ2n) is 4.73. The fourth-order valence-electron chi connectivity index (χ4n) is 2.32. The Morgan fingerprint density at radius 1 is 1.14 bits per heavy atom. The van der Waals surface area contributed by atoms with E-state index in [0.29, 0.717) is 5.56 Å². The van der Waals surface area contributed by atoms with Gasteiger partial charge in [0.2, 0.25) is 0 Å². The van der Waals surface area contributed by atoms with Crippen molar-refractivity contribution in [2.24, 2.45) is 0 Å². The number of aromatic nitrogens is 1. The van der Waals surface area contributed by atoms with Crippen LogP contribution in [-0.2, 0) is 0 Å². The van der Waals surface area contributed by atoms with E-state index in [2.05, 4.69) is 0 Å². The van der Waals surface area contributed by atoms with Crippen molar-refractivity contribution in [1.29, 1.82) is 0 Å². The Balaban J connectivity index is 2.35. The minimum Gasteiger partial charge on any atom is -0.384 e. The van der Waals surface area contributed by atoms with Crippen LogP contribution in [0.15, 0.2) is 29.1 Å². The van der Waals surface area contributed by atoms with Gasteiger partial charge in [0.25, 0.3) is 17.4 Å². The number of benzene rings is 1. The van der Waals surface area contributed by atoms with E-state index in [1.165, 1.54) is 12.1 Å². The van der Waals surface area contributed by atoms with Gasteiger partial charge in [-0.25, -0.2) is 4.39 Å². The molecule has 0 bridgehead atoms. The van der Waals surface area contributed by atoms with Gasteiger partial charge in [0.1, 0.15) is 11.6 Å². The van der Waals surface area contributed by atoms with E-state index in [1.807, 2.05) is 5.32 Å². The first-order valence-electron chi connectivity index (χ1n) is 6.08. The Labute approximate surface area is 118 Å². The molecule has 21 heavy (non-hydrogen) atoms. The first-order chi connectivity index (χ1) is 9.90. The SMILES string of the molecule is Cc1ccc(-n2c(N)c3c(cc2=O)C(=O)NC3=O)c(F)c1. The second-order valence-corrected chi connectivity index (χ2v) is 4.73. The molecule has 0 spiro atoms. The van der Waals surface area contributed by atoms with Gasteiger partial charge in [-0.3, -0.25) is 24.3 Å². The predicted molar refractivity (Wildman–Crippen MR) is 72.9 cm³/mol. The number of anilines is 1.